The molecule has 1 aromatic carbocycles. The molecule has 0 radical (unpaired) electrons. The van der Waals surface area contributed by atoms with Crippen LogP contribution >= 0.6 is 11.6 Å². The molecule has 0 atom stereocenters. The molecule has 2 heterocycles. The predicted molar refractivity (Wildman–Crippen MR) is 98.3 cm³/mol. The largest absolute Gasteiger partial charge is 0.550 e. The Bertz CT molecular complexity index is 952. The van der Waals surface area contributed by atoms with Crippen LogP contribution in [-0.2, 0) is 11.3 Å². The zero-order valence-electron chi connectivity index (χ0n) is 14.8. The predicted octanol–water partition coefficient (Wildman–Crippen LogP) is 3.32. The molecule has 0 aliphatic rings. The lowest BCUT2D eigenvalue weighted by Crippen LogP contribution is -2.22. The van der Waals surface area contributed by atoms with Gasteiger partial charge in [0.25, 0.3) is 0 Å². The molecule has 0 N–H and O–H groups in total. The highest BCUT2D eigenvalue weighted by atomic mass is 35.5. The molecular weight excluding hydrogens is 354 g/mol. The van der Waals surface area contributed by atoms with Crippen LogP contribution in [0.2, 0.25) is 5.15 Å². The molecule has 0 bridgehead atoms. The molecule has 0 unspecified atom stereocenters. The van der Waals surface area contributed by atoms with Crippen molar-refractivity contribution in [3.63, 3.8) is 0 Å². The third-order valence-electron chi connectivity index (χ3n) is 3.87. The average Bonchev–Trinajstić information content (AvgIpc) is 3.10. The quantitative estimate of drug-likeness (QED) is 0.662. The Hall–Kier alpha value is -2.60. The molecule has 3 aromatic rings. The molecular formula is C19H19ClN3O3-. The Morgan fingerprint density at radius 3 is 2.77 bits per heavy atom. The zero-order chi connectivity index (χ0) is 18.8. The van der Waals surface area contributed by atoms with E-state index in [0.717, 1.165) is 0 Å². The van der Waals surface area contributed by atoms with E-state index in [1.807, 2.05) is 19.1 Å². The lowest BCUT2D eigenvalue weighted by Gasteiger charge is -2.07. The fraction of sp³-hybridized carbons (Fsp3) is 0.316. The first kappa shape index (κ1) is 18.2. The van der Waals surface area contributed by atoms with Crippen molar-refractivity contribution in [2.75, 3.05) is 0 Å². The number of carboxylic acid groups (broad SMARTS) is 1. The molecule has 0 spiro atoms. The number of carboxylic acids is 1. The molecule has 6 nitrogen and oxygen atoms in total. The number of fused-ring (bicyclic) bond motifs is 1. The van der Waals surface area contributed by atoms with Gasteiger partial charge in [-0.15, -0.1) is 0 Å². The van der Waals surface area contributed by atoms with Gasteiger partial charge in [0.05, 0.1) is 5.69 Å². The maximum atomic E-state index is 11.2. The van der Waals surface area contributed by atoms with E-state index < -0.39 is 5.97 Å². The van der Waals surface area contributed by atoms with Gasteiger partial charge in [-0.25, -0.2) is 4.98 Å². The molecule has 3 rings (SSSR count). The van der Waals surface area contributed by atoms with Gasteiger partial charge < -0.3 is 14.3 Å². The van der Waals surface area contributed by atoms with Crippen LogP contribution in [0, 0.1) is 12.8 Å². The lowest BCUT2D eigenvalue weighted by atomic mass is 10.1. The first-order chi connectivity index (χ1) is 12.3. The van der Waals surface area contributed by atoms with E-state index in [2.05, 4.69) is 23.9 Å². The summed E-state index contributed by atoms with van der Waals surface area (Å²) in [5.41, 5.74) is 3.00. The molecule has 7 heteroatoms. The van der Waals surface area contributed by atoms with Crippen molar-refractivity contribution >= 4 is 40.3 Å². The number of carbonyl (C=O) groups is 1. The Morgan fingerprint density at radius 1 is 1.38 bits per heavy atom. The third-order valence-corrected chi connectivity index (χ3v) is 4.27. The maximum Gasteiger partial charge on any atom is 0.223 e. The van der Waals surface area contributed by atoms with E-state index in [-0.39, 0.29) is 12.3 Å². The van der Waals surface area contributed by atoms with Crippen LogP contribution in [-0.4, -0.2) is 20.7 Å². The number of para-hydroxylation sites is 2. The van der Waals surface area contributed by atoms with Gasteiger partial charge in [0.2, 0.25) is 5.89 Å². The molecule has 136 valence electrons. The molecule has 0 aliphatic heterocycles. The van der Waals surface area contributed by atoms with Crippen molar-refractivity contribution in [3.05, 3.63) is 46.6 Å². The first-order valence-electron chi connectivity index (χ1n) is 8.34. The van der Waals surface area contributed by atoms with Crippen LogP contribution in [0.25, 0.3) is 22.7 Å². The highest BCUT2D eigenvalue weighted by Gasteiger charge is 2.17. The van der Waals surface area contributed by atoms with E-state index in [0.29, 0.717) is 45.5 Å². The van der Waals surface area contributed by atoms with Gasteiger partial charge in [-0.2, -0.15) is 5.10 Å². The van der Waals surface area contributed by atoms with Crippen LogP contribution in [0.15, 0.2) is 28.7 Å². The van der Waals surface area contributed by atoms with Crippen LogP contribution < -0.4 is 5.11 Å². The van der Waals surface area contributed by atoms with Crippen molar-refractivity contribution in [2.24, 2.45) is 5.92 Å². The van der Waals surface area contributed by atoms with Crippen molar-refractivity contribution in [3.8, 4) is 0 Å². The number of aromatic nitrogens is 3. The van der Waals surface area contributed by atoms with Gasteiger partial charge in [0.1, 0.15) is 10.7 Å². The summed E-state index contributed by atoms with van der Waals surface area (Å²) in [7, 11) is 0. The molecule has 0 fully saturated rings. The summed E-state index contributed by atoms with van der Waals surface area (Å²) in [6, 6.07) is 7.25. The smallest absolute Gasteiger partial charge is 0.223 e. The summed E-state index contributed by atoms with van der Waals surface area (Å²) in [6.45, 7) is 6.65. The summed E-state index contributed by atoms with van der Waals surface area (Å²) < 4.78 is 7.43. The van der Waals surface area contributed by atoms with Gasteiger partial charge in [-0.05, 0) is 31.1 Å². The second kappa shape index (κ2) is 7.33. The van der Waals surface area contributed by atoms with Crippen molar-refractivity contribution in [1.29, 1.82) is 0 Å². The second-order valence-electron chi connectivity index (χ2n) is 6.57. The molecule has 2 aromatic heterocycles. The van der Waals surface area contributed by atoms with E-state index in [1.54, 1.807) is 22.9 Å². The van der Waals surface area contributed by atoms with E-state index in [4.69, 9.17) is 16.0 Å². The van der Waals surface area contributed by atoms with Gasteiger partial charge in [0, 0.05) is 30.1 Å². The molecule has 0 amide bonds. The van der Waals surface area contributed by atoms with Crippen molar-refractivity contribution < 1.29 is 14.3 Å². The third kappa shape index (κ3) is 3.80. The fourth-order valence-electron chi connectivity index (χ4n) is 2.73. The first-order valence-corrected chi connectivity index (χ1v) is 8.72. The number of aryl methyl sites for hydroxylation is 1. The SMILES string of the molecule is Cc1nn(CC(C)C)c(Cl)c1/C=C(\CC(=O)[O-])c1nc2ccccc2o1. The zero-order valence-corrected chi connectivity index (χ0v) is 15.6. The summed E-state index contributed by atoms with van der Waals surface area (Å²) >= 11 is 6.46. The van der Waals surface area contributed by atoms with Crippen molar-refractivity contribution in [1.82, 2.24) is 14.8 Å². The number of benzene rings is 1. The Kier molecular flexibility index (Phi) is 5.13. The average molecular weight is 373 g/mol. The number of aliphatic carboxylic acids is 1. The monoisotopic (exact) mass is 372 g/mol. The van der Waals surface area contributed by atoms with Crippen LogP contribution in [0.1, 0.15) is 37.4 Å². The number of nitrogens with zero attached hydrogens (tertiary/aromatic N) is 3. The number of halogens is 1. The van der Waals surface area contributed by atoms with Gasteiger partial charge >= 0.3 is 0 Å². The van der Waals surface area contributed by atoms with Crippen LogP contribution in [0.4, 0.5) is 0 Å². The fourth-order valence-corrected chi connectivity index (χ4v) is 3.02. The second-order valence-corrected chi connectivity index (χ2v) is 6.93. The van der Waals surface area contributed by atoms with Gasteiger partial charge in [0.15, 0.2) is 5.58 Å². The van der Waals surface area contributed by atoms with Gasteiger partial charge in [-0.3, -0.25) is 4.68 Å². The topological polar surface area (TPSA) is 84.0 Å². The minimum absolute atomic E-state index is 0.238. The summed E-state index contributed by atoms with van der Waals surface area (Å²) in [6.07, 6.45) is 1.33. The lowest BCUT2D eigenvalue weighted by molar-refractivity contribution is -0.304. The number of rotatable bonds is 6. The summed E-state index contributed by atoms with van der Waals surface area (Å²) in [5, 5.41) is 16.1. The minimum Gasteiger partial charge on any atom is -0.550 e. The van der Waals surface area contributed by atoms with Crippen LogP contribution in [0.3, 0.4) is 0 Å². The summed E-state index contributed by atoms with van der Waals surface area (Å²) in [4.78, 5) is 15.6. The minimum atomic E-state index is -1.22. The Morgan fingerprint density at radius 2 is 2.12 bits per heavy atom. The molecule has 26 heavy (non-hydrogen) atoms. The van der Waals surface area contributed by atoms with E-state index in [9.17, 15) is 9.90 Å². The number of hydrogen-bond acceptors (Lipinski definition) is 5. The van der Waals surface area contributed by atoms with Gasteiger partial charge in [-0.1, -0.05) is 37.6 Å². The van der Waals surface area contributed by atoms with E-state index in [1.165, 1.54) is 0 Å². The molecule has 0 saturated carbocycles. The van der Waals surface area contributed by atoms with Crippen LogP contribution in [0.5, 0.6) is 0 Å². The number of hydrogen-bond donors (Lipinski definition) is 0. The standard InChI is InChI=1S/C19H20ClN3O3/c1-11(2)10-23-18(20)14(12(3)22-23)8-13(9-17(24)25)19-21-15-6-4-5-7-16(15)26-19/h4-8,11H,9-10H2,1-3H3,(H,24,25)/p-1/b13-8+. The summed E-state index contributed by atoms with van der Waals surface area (Å²) in [5.74, 6) is -0.604. The van der Waals surface area contributed by atoms with E-state index >= 15 is 0 Å². The normalized spacial score (nSPS) is 12.3. The molecule has 0 aliphatic carbocycles. The van der Waals surface area contributed by atoms with Crippen molar-refractivity contribution in [2.45, 2.75) is 33.7 Å². The highest BCUT2D eigenvalue weighted by Crippen LogP contribution is 2.29. The Balaban J connectivity index is 2.08. The number of oxazole rings is 1. The Labute approximate surface area is 156 Å². The highest BCUT2D eigenvalue weighted by molar-refractivity contribution is 6.31. The maximum absolute atomic E-state index is 11.2. The number of carbonyl (C=O) groups excluding carboxylic acids is 1. The molecule has 0 saturated heterocycles.